The highest BCUT2D eigenvalue weighted by molar-refractivity contribution is 7.10. The molecule has 2 nitrogen and oxygen atoms in total. The van der Waals surface area contributed by atoms with Gasteiger partial charge in [0, 0.05) is 23.4 Å². The van der Waals surface area contributed by atoms with Crippen LogP contribution in [0.5, 0.6) is 0 Å². The van der Waals surface area contributed by atoms with Gasteiger partial charge in [-0.15, -0.1) is 11.3 Å². The summed E-state index contributed by atoms with van der Waals surface area (Å²) in [5.74, 6) is 0. The van der Waals surface area contributed by atoms with Crippen LogP contribution in [0.2, 0.25) is 0 Å². The minimum absolute atomic E-state index is 0.274. The normalized spacial score (nSPS) is 29.1. The van der Waals surface area contributed by atoms with E-state index >= 15 is 0 Å². The Morgan fingerprint density at radius 1 is 1.29 bits per heavy atom. The molecule has 94 valence electrons. The van der Waals surface area contributed by atoms with Gasteiger partial charge in [0.15, 0.2) is 0 Å². The zero-order valence-corrected chi connectivity index (χ0v) is 11.1. The van der Waals surface area contributed by atoms with Crippen LogP contribution in [-0.4, -0.2) is 19.7 Å². The molecule has 3 heteroatoms. The molecule has 1 saturated heterocycles. The van der Waals surface area contributed by atoms with Crippen molar-refractivity contribution in [3.63, 3.8) is 0 Å². The topological polar surface area (TPSA) is 21.3 Å². The van der Waals surface area contributed by atoms with Crippen molar-refractivity contribution in [2.75, 3.05) is 19.7 Å². The van der Waals surface area contributed by atoms with Crippen molar-refractivity contribution in [1.82, 2.24) is 5.32 Å². The molecule has 1 atom stereocenters. The summed E-state index contributed by atoms with van der Waals surface area (Å²) in [6, 6.07) is 4.31. The summed E-state index contributed by atoms with van der Waals surface area (Å²) in [6.07, 6.45) is 7.14. The molecule has 2 fully saturated rings. The molecule has 1 N–H and O–H groups in total. The number of thiophene rings is 1. The lowest BCUT2D eigenvalue weighted by molar-refractivity contribution is 0.0000299. The van der Waals surface area contributed by atoms with Crippen LogP contribution in [0.4, 0.5) is 0 Å². The second-order valence-electron chi connectivity index (χ2n) is 5.51. The Kier molecular flexibility index (Phi) is 3.50. The lowest BCUT2D eigenvalue weighted by atomic mass is 9.75. The highest BCUT2D eigenvalue weighted by atomic mass is 32.1. The predicted molar refractivity (Wildman–Crippen MR) is 71.4 cm³/mol. The summed E-state index contributed by atoms with van der Waals surface area (Å²) in [5.41, 5.74) is 0.435. The Bertz CT molecular complexity index is 343. The summed E-state index contributed by atoms with van der Waals surface area (Å²) in [5, 5.41) is 5.77. The van der Waals surface area contributed by atoms with E-state index in [2.05, 4.69) is 22.8 Å². The van der Waals surface area contributed by atoms with Gasteiger partial charge in [0.05, 0.1) is 6.61 Å². The van der Waals surface area contributed by atoms with Crippen LogP contribution < -0.4 is 5.32 Å². The van der Waals surface area contributed by atoms with E-state index in [-0.39, 0.29) is 6.10 Å². The van der Waals surface area contributed by atoms with E-state index in [4.69, 9.17) is 4.74 Å². The van der Waals surface area contributed by atoms with Gasteiger partial charge in [0.1, 0.15) is 6.10 Å². The van der Waals surface area contributed by atoms with Gasteiger partial charge in [-0.25, -0.2) is 0 Å². The van der Waals surface area contributed by atoms with Crippen LogP contribution in [0.15, 0.2) is 17.5 Å². The summed E-state index contributed by atoms with van der Waals surface area (Å²) < 4.78 is 6.19. The SMILES string of the molecule is c1csc(C2CNCC3(CCCCC3)CO2)c1. The number of rotatable bonds is 1. The summed E-state index contributed by atoms with van der Waals surface area (Å²) >= 11 is 1.81. The molecule has 0 radical (unpaired) electrons. The second kappa shape index (κ2) is 5.09. The zero-order valence-electron chi connectivity index (χ0n) is 10.3. The minimum atomic E-state index is 0.274. The monoisotopic (exact) mass is 251 g/mol. The Morgan fingerprint density at radius 2 is 2.18 bits per heavy atom. The Labute approximate surface area is 107 Å². The standard InChI is InChI=1S/C14H21NOS/c1-2-6-14(7-3-1)10-15-9-12(16-11-14)13-5-4-8-17-13/h4-5,8,12,15H,1-3,6-7,9-11H2. The van der Waals surface area contributed by atoms with E-state index in [0.29, 0.717) is 5.41 Å². The largest absolute Gasteiger partial charge is 0.371 e. The number of ether oxygens (including phenoxy) is 1. The molecule has 2 aliphatic rings. The highest BCUT2D eigenvalue weighted by Crippen LogP contribution is 2.39. The smallest absolute Gasteiger partial charge is 0.104 e. The van der Waals surface area contributed by atoms with Gasteiger partial charge in [-0.3, -0.25) is 0 Å². The van der Waals surface area contributed by atoms with Crippen molar-refractivity contribution < 1.29 is 4.74 Å². The van der Waals surface area contributed by atoms with Crippen LogP contribution >= 0.6 is 11.3 Å². The molecule has 1 aliphatic heterocycles. The van der Waals surface area contributed by atoms with Crippen LogP contribution in [0.1, 0.15) is 43.1 Å². The average Bonchev–Trinajstić information content (AvgIpc) is 2.82. The van der Waals surface area contributed by atoms with Gasteiger partial charge in [-0.2, -0.15) is 0 Å². The Balaban J connectivity index is 1.67. The second-order valence-corrected chi connectivity index (χ2v) is 6.49. The lowest BCUT2D eigenvalue weighted by Crippen LogP contribution is -2.37. The molecular formula is C14H21NOS. The van der Waals surface area contributed by atoms with Gasteiger partial charge in [0.25, 0.3) is 0 Å². The highest BCUT2D eigenvalue weighted by Gasteiger charge is 2.35. The third-order valence-electron chi connectivity index (χ3n) is 4.20. The van der Waals surface area contributed by atoms with Gasteiger partial charge >= 0.3 is 0 Å². The minimum Gasteiger partial charge on any atom is -0.371 e. The van der Waals surface area contributed by atoms with Crippen molar-refractivity contribution in [1.29, 1.82) is 0 Å². The first-order valence-corrected chi connectivity index (χ1v) is 7.62. The summed E-state index contributed by atoms with van der Waals surface area (Å²) in [7, 11) is 0. The first kappa shape index (κ1) is 11.7. The van der Waals surface area contributed by atoms with Crippen molar-refractivity contribution in [3.05, 3.63) is 22.4 Å². The van der Waals surface area contributed by atoms with Crippen molar-refractivity contribution in [2.45, 2.75) is 38.2 Å². The van der Waals surface area contributed by atoms with E-state index in [1.165, 1.54) is 37.0 Å². The molecule has 1 aromatic heterocycles. The number of hydrogen-bond donors (Lipinski definition) is 1. The molecule has 0 amide bonds. The van der Waals surface area contributed by atoms with Crippen LogP contribution in [0, 0.1) is 5.41 Å². The first-order valence-electron chi connectivity index (χ1n) is 6.74. The molecule has 0 bridgehead atoms. The summed E-state index contributed by atoms with van der Waals surface area (Å²) in [6.45, 7) is 3.07. The van der Waals surface area contributed by atoms with Gasteiger partial charge in [-0.05, 0) is 24.3 Å². The van der Waals surface area contributed by atoms with Gasteiger partial charge in [-0.1, -0.05) is 25.3 Å². The van der Waals surface area contributed by atoms with Crippen molar-refractivity contribution in [3.8, 4) is 0 Å². The molecule has 0 aromatic carbocycles. The fourth-order valence-electron chi connectivity index (χ4n) is 3.14. The molecule has 3 rings (SSSR count). The van der Waals surface area contributed by atoms with Gasteiger partial charge in [0.2, 0.25) is 0 Å². The van der Waals surface area contributed by atoms with Crippen LogP contribution in [-0.2, 0) is 4.74 Å². The fraction of sp³-hybridized carbons (Fsp3) is 0.714. The van der Waals surface area contributed by atoms with Crippen molar-refractivity contribution in [2.24, 2.45) is 5.41 Å². The number of nitrogens with one attached hydrogen (secondary N) is 1. The molecule has 1 aromatic rings. The molecule has 17 heavy (non-hydrogen) atoms. The van der Waals surface area contributed by atoms with Gasteiger partial charge < -0.3 is 10.1 Å². The Morgan fingerprint density at radius 3 is 2.94 bits per heavy atom. The average molecular weight is 251 g/mol. The molecule has 1 saturated carbocycles. The van der Waals surface area contributed by atoms with E-state index in [9.17, 15) is 0 Å². The molecular weight excluding hydrogens is 230 g/mol. The molecule has 1 aliphatic carbocycles. The Hall–Kier alpha value is -0.380. The van der Waals surface area contributed by atoms with Crippen LogP contribution in [0.25, 0.3) is 0 Å². The molecule has 1 unspecified atom stereocenters. The summed E-state index contributed by atoms with van der Waals surface area (Å²) in [4.78, 5) is 1.37. The third-order valence-corrected chi connectivity index (χ3v) is 5.16. The van der Waals surface area contributed by atoms with E-state index < -0.39 is 0 Å². The third kappa shape index (κ3) is 2.56. The maximum atomic E-state index is 6.19. The quantitative estimate of drug-likeness (QED) is 0.826. The lowest BCUT2D eigenvalue weighted by Gasteiger charge is -2.35. The van der Waals surface area contributed by atoms with Crippen molar-refractivity contribution >= 4 is 11.3 Å². The molecule has 2 heterocycles. The maximum Gasteiger partial charge on any atom is 0.104 e. The predicted octanol–water partition coefficient (Wildman–Crippen LogP) is 3.36. The number of hydrogen-bond acceptors (Lipinski definition) is 3. The van der Waals surface area contributed by atoms with Crippen LogP contribution in [0.3, 0.4) is 0 Å². The van der Waals surface area contributed by atoms with E-state index in [1.54, 1.807) is 0 Å². The van der Waals surface area contributed by atoms with E-state index in [0.717, 1.165) is 19.7 Å². The molecule has 1 spiro atoms. The zero-order chi connectivity index (χ0) is 11.6. The first-order chi connectivity index (χ1) is 8.38. The fourth-order valence-corrected chi connectivity index (χ4v) is 3.91. The maximum absolute atomic E-state index is 6.19. The van der Waals surface area contributed by atoms with E-state index in [1.807, 2.05) is 11.3 Å².